The number of hydrogen-bond donors (Lipinski definition) is 1. The van der Waals surface area contributed by atoms with Gasteiger partial charge in [-0.1, -0.05) is 45.9 Å². The molecule has 0 unspecified atom stereocenters. The summed E-state index contributed by atoms with van der Waals surface area (Å²) in [7, 11) is 0. The molecule has 0 amide bonds. The lowest BCUT2D eigenvalue weighted by molar-refractivity contribution is 0.101. The quantitative estimate of drug-likeness (QED) is 0.576. The van der Waals surface area contributed by atoms with E-state index in [9.17, 15) is 4.79 Å². The molecule has 3 heteroatoms. The minimum absolute atomic E-state index is 0.0682. The summed E-state index contributed by atoms with van der Waals surface area (Å²) in [4.78, 5) is 16.7. The van der Waals surface area contributed by atoms with Crippen molar-refractivity contribution < 1.29 is 4.79 Å². The first-order valence-electron chi connectivity index (χ1n) is 8.44. The maximum absolute atomic E-state index is 12.2. The molecule has 0 saturated carbocycles. The average Bonchev–Trinajstić information content (AvgIpc) is 2.53. The van der Waals surface area contributed by atoms with E-state index in [1.54, 1.807) is 13.8 Å². The van der Waals surface area contributed by atoms with Crippen LogP contribution in [0.25, 0.3) is 11.1 Å². The summed E-state index contributed by atoms with van der Waals surface area (Å²) in [6.07, 6.45) is 0. The molecule has 0 aliphatic carbocycles. The van der Waals surface area contributed by atoms with Gasteiger partial charge in [-0.2, -0.15) is 0 Å². The van der Waals surface area contributed by atoms with Gasteiger partial charge in [0.2, 0.25) is 0 Å². The van der Waals surface area contributed by atoms with E-state index >= 15 is 0 Å². The van der Waals surface area contributed by atoms with E-state index < -0.39 is 0 Å². The van der Waals surface area contributed by atoms with E-state index in [1.807, 2.05) is 12.1 Å². The number of rotatable bonds is 5. The van der Waals surface area contributed by atoms with Crippen LogP contribution in [0.4, 0.5) is 0 Å². The summed E-state index contributed by atoms with van der Waals surface area (Å²) in [5.74, 6) is 0.631. The first-order chi connectivity index (χ1) is 11.2. The van der Waals surface area contributed by atoms with Crippen molar-refractivity contribution in [2.75, 3.05) is 0 Å². The maximum Gasteiger partial charge on any atom is 0.178 e. The first kappa shape index (κ1) is 18.1. The number of benzene rings is 1. The molecule has 3 nitrogen and oxygen atoms in total. The maximum atomic E-state index is 12.2. The summed E-state index contributed by atoms with van der Waals surface area (Å²) in [6, 6.07) is 10.1. The van der Waals surface area contributed by atoms with E-state index in [0.29, 0.717) is 28.9 Å². The van der Waals surface area contributed by atoms with Gasteiger partial charge in [-0.15, -0.1) is 0 Å². The highest BCUT2D eigenvalue weighted by atomic mass is 16.1. The van der Waals surface area contributed by atoms with Crippen LogP contribution >= 0.6 is 0 Å². The summed E-state index contributed by atoms with van der Waals surface area (Å²) in [6.45, 7) is 11.9. The van der Waals surface area contributed by atoms with E-state index in [2.05, 4.69) is 50.9 Å². The minimum atomic E-state index is -0.0682. The molecule has 1 aromatic carbocycles. The van der Waals surface area contributed by atoms with Crippen LogP contribution in [0.5, 0.6) is 0 Å². The molecule has 24 heavy (non-hydrogen) atoms. The number of carbonyl (C=O) groups excluding carboxylic acids is 1. The van der Waals surface area contributed by atoms with Crippen molar-refractivity contribution in [3.63, 3.8) is 0 Å². The summed E-state index contributed by atoms with van der Waals surface area (Å²) in [5, 5.41) is 7.80. The Kier molecular flexibility index (Phi) is 5.33. The fourth-order valence-corrected chi connectivity index (χ4v) is 3.00. The van der Waals surface area contributed by atoms with Gasteiger partial charge >= 0.3 is 0 Å². The third kappa shape index (κ3) is 3.45. The zero-order valence-electron chi connectivity index (χ0n) is 15.4. The molecule has 2 aromatic rings. The lowest BCUT2D eigenvalue weighted by Crippen LogP contribution is -2.09. The molecule has 2 rings (SSSR count). The van der Waals surface area contributed by atoms with Crippen molar-refractivity contribution in [3.8, 4) is 11.1 Å². The van der Waals surface area contributed by atoms with Gasteiger partial charge in [0.15, 0.2) is 5.78 Å². The van der Waals surface area contributed by atoms with Crippen molar-refractivity contribution >= 4 is 11.5 Å². The fraction of sp³-hybridized carbons (Fsp3) is 0.381. The van der Waals surface area contributed by atoms with Crippen molar-refractivity contribution in [1.82, 2.24) is 4.98 Å². The fourth-order valence-electron chi connectivity index (χ4n) is 3.00. The van der Waals surface area contributed by atoms with Gasteiger partial charge in [0.05, 0.1) is 11.4 Å². The van der Waals surface area contributed by atoms with Crippen LogP contribution < -0.4 is 0 Å². The van der Waals surface area contributed by atoms with Gasteiger partial charge in [0, 0.05) is 12.5 Å². The molecule has 0 aliphatic heterocycles. The highest BCUT2D eigenvalue weighted by Crippen LogP contribution is 2.37. The minimum Gasteiger partial charge on any atom is -0.303 e. The Hall–Kier alpha value is -2.29. The Bertz CT molecular complexity index is 762. The zero-order valence-corrected chi connectivity index (χ0v) is 15.4. The molecule has 1 N–H and O–H groups in total. The van der Waals surface area contributed by atoms with Crippen molar-refractivity contribution in [2.24, 2.45) is 0 Å². The molecule has 0 radical (unpaired) electrons. The Morgan fingerprint density at radius 3 is 1.92 bits per heavy atom. The second-order valence-corrected chi connectivity index (χ2v) is 6.89. The summed E-state index contributed by atoms with van der Waals surface area (Å²) < 4.78 is 0. The van der Waals surface area contributed by atoms with Crippen LogP contribution in [0.2, 0.25) is 0 Å². The van der Waals surface area contributed by atoms with Gasteiger partial charge in [0.1, 0.15) is 5.69 Å². The Balaban J connectivity index is 2.85. The largest absolute Gasteiger partial charge is 0.303 e. The summed E-state index contributed by atoms with van der Waals surface area (Å²) in [5.41, 5.74) is 5.82. The van der Waals surface area contributed by atoms with Gasteiger partial charge in [0.25, 0.3) is 0 Å². The molecular formula is C21H26N2O. The molecule has 0 saturated heterocycles. The predicted octanol–water partition coefficient (Wildman–Crippen LogP) is 5.59. The van der Waals surface area contributed by atoms with Gasteiger partial charge < -0.3 is 5.41 Å². The number of nitrogens with zero attached hydrogens (tertiary/aromatic N) is 1. The number of nitrogens with one attached hydrogen (secondary N) is 1. The molecule has 1 aromatic heterocycles. The van der Waals surface area contributed by atoms with E-state index in [-0.39, 0.29) is 5.78 Å². The van der Waals surface area contributed by atoms with Crippen molar-refractivity contribution in [1.29, 1.82) is 5.41 Å². The highest BCUT2D eigenvalue weighted by Gasteiger charge is 2.20. The number of pyridine rings is 1. The normalized spacial score (nSPS) is 11.2. The molecular weight excluding hydrogens is 296 g/mol. The van der Waals surface area contributed by atoms with Gasteiger partial charge in [-0.3, -0.25) is 4.79 Å². The van der Waals surface area contributed by atoms with E-state index in [1.165, 1.54) is 11.1 Å². The monoisotopic (exact) mass is 322 g/mol. The number of hydrogen-bond acceptors (Lipinski definition) is 3. The number of Topliss-reactive ketones (excluding diaryl/α,β-unsaturated/α-hetero) is 1. The third-order valence-corrected chi connectivity index (χ3v) is 4.26. The van der Waals surface area contributed by atoms with Crippen LogP contribution in [-0.4, -0.2) is 16.5 Å². The van der Waals surface area contributed by atoms with Crippen LogP contribution in [-0.2, 0) is 0 Å². The van der Waals surface area contributed by atoms with E-state index in [4.69, 9.17) is 5.41 Å². The van der Waals surface area contributed by atoms with Crippen LogP contribution in [0, 0.1) is 5.41 Å². The topological polar surface area (TPSA) is 53.8 Å². The second kappa shape index (κ2) is 7.08. The molecule has 0 bridgehead atoms. The van der Waals surface area contributed by atoms with Crippen LogP contribution in [0.1, 0.15) is 80.7 Å². The van der Waals surface area contributed by atoms with Gasteiger partial charge in [-0.05, 0) is 47.6 Å². The zero-order chi connectivity index (χ0) is 18.0. The number of aromatic nitrogens is 1. The van der Waals surface area contributed by atoms with Crippen molar-refractivity contribution in [2.45, 2.75) is 53.4 Å². The first-order valence-corrected chi connectivity index (χ1v) is 8.44. The second-order valence-electron chi connectivity index (χ2n) is 6.89. The Morgan fingerprint density at radius 2 is 1.50 bits per heavy atom. The lowest BCUT2D eigenvalue weighted by Gasteiger charge is -2.21. The van der Waals surface area contributed by atoms with Crippen molar-refractivity contribution in [3.05, 3.63) is 52.8 Å². The van der Waals surface area contributed by atoms with Crippen LogP contribution in [0.3, 0.4) is 0 Å². The smallest absolute Gasteiger partial charge is 0.178 e. The molecule has 0 aliphatic rings. The summed E-state index contributed by atoms with van der Waals surface area (Å²) >= 11 is 0. The molecule has 1 heterocycles. The number of carbonyl (C=O) groups is 1. The van der Waals surface area contributed by atoms with E-state index in [0.717, 1.165) is 11.1 Å². The number of ketones is 1. The SMILES string of the molecule is CC(=N)c1ccc(-c2c(C(C)C)cccc2C(C)C)c(C(C)=O)n1. The average molecular weight is 322 g/mol. The molecule has 126 valence electrons. The molecule has 0 fully saturated rings. The molecule has 0 atom stereocenters. The Labute approximate surface area is 144 Å². The van der Waals surface area contributed by atoms with Gasteiger partial charge in [-0.25, -0.2) is 4.98 Å². The standard InChI is InChI=1S/C21H26N2O/c1-12(2)16-8-7-9-17(13(3)4)20(16)18-10-11-19(14(5)22)23-21(18)15(6)24/h7-13,22H,1-6H3. The van der Waals surface area contributed by atoms with Crippen LogP contribution in [0.15, 0.2) is 30.3 Å². The Morgan fingerprint density at radius 1 is 0.958 bits per heavy atom. The molecule has 0 spiro atoms. The lowest BCUT2D eigenvalue weighted by atomic mass is 9.84. The predicted molar refractivity (Wildman–Crippen MR) is 100 cm³/mol. The third-order valence-electron chi connectivity index (χ3n) is 4.26. The highest BCUT2D eigenvalue weighted by molar-refractivity contribution is 6.02.